The van der Waals surface area contributed by atoms with Gasteiger partial charge < -0.3 is 10.4 Å². The predicted molar refractivity (Wildman–Crippen MR) is 82.3 cm³/mol. The summed E-state index contributed by atoms with van der Waals surface area (Å²) in [7, 11) is 0. The zero-order valence-corrected chi connectivity index (χ0v) is 12.6. The van der Waals surface area contributed by atoms with Gasteiger partial charge in [0.25, 0.3) is 0 Å². The van der Waals surface area contributed by atoms with Gasteiger partial charge in [-0.15, -0.1) is 11.3 Å². The maximum Gasteiger partial charge on any atom is 0.131 e. The molecule has 20 heavy (non-hydrogen) atoms. The first-order valence-corrected chi connectivity index (χ1v) is 7.66. The van der Waals surface area contributed by atoms with Gasteiger partial charge in [-0.1, -0.05) is 19.1 Å². The third-order valence-electron chi connectivity index (χ3n) is 3.59. The zero-order valence-electron chi connectivity index (χ0n) is 11.8. The van der Waals surface area contributed by atoms with Gasteiger partial charge in [-0.05, 0) is 42.0 Å². The van der Waals surface area contributed by atoms with Crippen LogP contribution in [0.25, 0.3) is 10.4 Å². The molecule has 108 valence electrons. The summed E-state index contributed by atoms with van der Waals surface area (Å²) >= 11 is 1.54. The lowest BCUT2D eigenvalue weighted by Gasteiger charge is -2.19. The number of rotatable bonds is 6. The number of hydrogen-bond donors (Lipinski definition) is 2. The first-order valence-electron chi connectivity index (χ1n) is 6.78. The summed E-state index contributed by atoms with van der Waals surface area (Å²) in [6, 6.07) is 9.29. The molecule has 0 aliphatic rings. The predicted octanol–water partition coefficient (Wildman–Crippen LogP) is 3.66. The maximum absolute atomic E-state index is 13.9. The average Bonchev–Trinajstić information content (AvgIpc) is 2.99. The van der Waals surface area contributed by atoms with E-state index >= 15 is 0 Å². The van der Waals surface area contributed by atoms with Crippen molar-refractivity contribution in [3.63, 3.8) is 0 Å². The van der Waals surface area contributed by atoms with Crippen LogP contribution in [-0.4, -0.2) is 17.8 Å². The molecule has 1 aromatic heterocycles. The van der Waals surface area contributed by atoms with Crippen molar-refractivity contribution in [1.82, 2.24) is 5.32 Å². The van der Waals surface area contributed by atoms with Crippen LogP contribution in [0.15, 0.2) is 35.7 Å². The molecule has 0 saturated heterocycles. The second-order valence-corrected chi connectivity index (χ2v) is 6.07. The summed E-state index contributed by atoms with van der Waals surface area (Å²) in [4.78, 5) is 0.945. The van der Waals surface area contributed by atoms with Gasteiger partial charge in [-0.2, -0.15) is 0 Å². The van der Waals surface area contributed by atoms with Crippen LogP contribution in [0, 0.1) is 11.7 Å². The molecule has 1 aromatic carbocycles. The molecule has 0 bridgehead atoms. The molecule has 0 saturated carbocycles. The number of nitrogens with one attached hydrogen (secondary N) is 1. The lowest BCUT2D eigenvalue weighted by Crippen LogP contribution is -2.33. The van der Waals surface area contributed by atoms with Crippen LogP contribution in [0.4, 0.5) is 4.39 Å². The summed E-state index contributed by atoms with van der Waals surface area (Å²) in [6.07, 6.45) is 0. The van der Waals surface area contributed by atoms with E-state index in [1.54, 1.807) is 6.07 Å². The molecule has 0 aliphatic carbocycles. The Bertz CT molecular complexity index is 541. The molecule has 0 aliphatic heterocycles. The molecule has 2 nitrogen and oxygen atoms in total. The Morgan fingerprint density at radius 2 is 2.10 bits per heavy atom. The van der Waals surface area contributed by atoms with Gasteiger partial charge in [-0.3, -0.25) is 0 Å². The average molecular weight is 293 g/mol. The van der Waals surface area contributed by atoms with Gasteiger partial charge in [0.15, 0.2) is 0 Å². The first kappa shape index (κ1) is 15.2. The minimum absolute atomic E-state index is 0.165. The lowest BCUT2D eigenvalue weighted by molar-refractivity contribution is 0.207. The summed E-state index contributed by atoms with van der Waals surface area (Å²) in [6.45, 7) is 4.88. The highest BCUT2D eigenvalue weighted by molar-refractivity contribution is 7.13. The van der Waals surface area contributed by atoms with Crippen LogP contribution < -0.4 is 5.32 Å². The summed E-state index contributed by atoms with van der Waals surface area (Å²) in [5.41, 5.74) is 1.70. The molecule has 4 heteroatoms. The van der Waals surface area contributed by atoms with E-state index < -0.39 is 0 Å². The van der Waals surface area contributed by atoms with Crippen molar-refractivity contribution in [2.75, 3.05) is 6.61 Å². The van der Waals surface area contributed by atoms with Gasteiger partial charge in [0, 0.05) is 29.6 Å². The smallest absolute Gasteiger partial charge is 0.131 e. The van der Waals surface area contributed by atoms with Crippen LogP contribution in [0.3, 0.4) is 0 Å². The molecule has 2 atom stereocenters. The van der Waals surface area contributed by atoms with Crippen molar-refractivity contribution in [3.05, 3.63) is 47.1 Å². The van der Waals surface area contributed by atoms with Crippen molar-refractivity contribution in [3.8, 4) is 10.4 Å². The van der Waals surface area contributed by atoms with Gasteiger partial charge >= 0.3 is 0 Å². The fourth-order valence-electron chi connectivity index (χ4n) is 1.94. The number of thiophene rings is 1. The molecular formula is C16H20FNOS. The third kappa shape index (κ3) is 3.66. The standard InChI is InChI=1S/C16H20FNOS/c1-11(10-19)12(2)18-9-13-5-6-15(17)14(8-13)16-4-3-7-20-16/h3-8,11-12,18-19H,9-10H2,1-2H3. The molecule has 0 amide bonds. The van der Waals surface area contributed by atoms with E-state index in [0.29, 0.717) is 12.1 Å². The SMILES string of the molecule is CC(CO)C(C)NCc1ccc(F)c(-c2cccs2)c1. The molecule has 2 unspecified atom stereocenters. The first-order chi connectivity index (χ1) is 9.61. The van der Waals surface area contributed by atoms with Crippen molar-refractivity contribution in [2.45, 2.75) is 26.4 Å². The molecule has 2 N–H and O–H groups in total. The third-order valence-corrected chi connectivity index (χ3v) is 4.49. The Morgan fingerprint density at radius 3 is 2.75 bits per heavy atom. The fourth-order valence-corrected chi connectivity index (χ4v) is 2.69. The molecule has 0 radical (unpaired) electrons. The number of benzene rings is 1. The van der Waals surface area contributed by atoms with E-state index in [4.69, 9.17) is 5.11 Å². The number of halogens is 1. The lowest BCUT2D eigenvalue weighted by atomic mass is 10.0. The number of hydrogen-bond acceptors (Lipinski definition) is 3. The second kappa shape index (κ2) is 6.97. The van der Waals surface area contributed by atoms with E-state index in [9.17, 15) is 4.39 Å². The van der Waals surface area contributed by atoms with Crippen molar-refractivity contribution < 1.29 is 9.50 Å². The zero-order chi connectivity index (χ0) is 14.5. The highest BCUT2D eigenvalue weighted by atomic mass is 32.1. The topological polar surface area (TPSA) is 32.3 Å². The summed E-state index contributed by atoms with van der Waals surface area (Å²) in [5, 5.41) is 14.4. The molecule has 0 fully saturated rings. The van der Waals surface area contributed by atoms with E-state index in [1.807, 2.05) is 37.4 Å². The summed E-state index contributed by atoms with van der Waals surface area (Å²) in [5.74, 6) is 0.0141. The van der Waals surface area contributed by atoms with Gasteiger partial charge in [0.1, 0.15) is 5.82 Å². The van der Waals surface area contributed by atoms with E-state index in [2.05, 4.69) is 5.32 Å². The Hall–Kier alpha value is -1.23. The van der Waals surface area contributed by atoms with Crippen LogP contribution >= 0.6 is 11.3 Å². The van der Waals surface area contributed by atoms with E-state index in [1.165, 1.54) is 17.4 Å². The molecule has 2 rings (SSSR count). The van der Waals surface area contributed by atoms with Crippen LogP contribution in [0.1, 0.15) is 19.4 Å². The van der Waals surface area contributed by atoms with E-state index in [-0.39, 0.29) is 24.4 Å². The minimum Gasteiger partial charge on any atom is -0.396 e. The summed E-state index contributed by atoms with van der Waals surface area (Å²) < 4.78 is 13.9. The Morgan fingerprint density at radius 1 is 1.30 bits per heavy atom. The van der Waals surface area contributed by atoms with Crippen LogP contribution in [0.2, 0.25) is 0 Å². The van der Waals surface area contributed by atoms with E-state index in [0.717, 1.165) is 10.4 Å². The normalized spacial score (nSPS) is 14.2. The van der Waals surface area contributed by atoms with Crippen LogP contribution in [0.5, 0.6) is 0 Å². The highest BCUT2D eigenvalue weighted by Gasteiger charge is 2.11. The Kier molecular flexibility index (Phi) is 5.29. The molecule has 2 aromatic rings. The second-order valence-electron chi connectivity index (χ2n) is 5.12. The molecular weight excluding hydrogens is 273 g/mol. The van der Waals surface area contributed by atoms with Gasteiger partial charge in [0.05, 0.1) is 0 Å². The van der Waals surface area contributed by atoms with Crippen LogP contribution in [-0.2, 0) is 6.54 Å². The maximum atomic E-state index is 13.9. The monoisotopic (exact) mass is 293 g/mol. The fraction of sp³-hybridized carbons (Fsp3) is 0.375. The molecule has 0 spiro atoms. The van der Waals surface area contributed by atoms with Crippen molar-refractivity contribution in [2.24, 2.45) is 5.92 Å². The number of aliphatic hydroxyl groups excluding tert-OH is 1. The Balaban J connectivity index is 2.08. The van der Waals surface area contributed by atoms with Crippen molar-refractivity contribution in [1.29, 1.82) is 0 Å². The van der Waals surface area contributed by atoms with Crippen molar-refractivity contribution >= 4 is 11.3 Å². The molecule has 1 heterocycles. The Labute approximate surface area is 123 Å². The minimum atomic E-state index is -0.187. The highest BCUT2D eigenvalue weighted by Crippen LogP contribution is 2.28. The van der Waals surface area contributed by atoms with Gasteiger partial charge in [-0.25, -0.2) is 4.39 Å². The van der Waals surface area contributed by atoms with Gasteiger partial charge in [0.2, 0.25) is 0 Å². The number of aliphatic hydroxyl groups is 1. The quantitative estimate of drug-likeness (QED) is 0.852. The largest absolute Gasteiger partial charge is 0.396 e.